The maximum atomic E-state index is 13.3. The fraction of sp³-hybridized carbons (Fsp3) is 0.478. The molecule has 0 saturated carbocycles. The van der Waals surface area contributed by atoms with Gasteiger partial charge in [0.05, 0.1) is 12.1 Å². The highest BCUT2D eigenvalue weighted by molar-refractivity contribution is 5.92. The predicted octanol–water partition coefficient (Wildman–Crippen LogP) is 4.29. The summed E-state index contributed by atoms with van der Waals surface area (Å²) in [6.45, 7) is 3.30. The van der Waals surface area contributed by atoms with E-state index < -0.39 is 18.4 Å². The number of carbonyl (C=O) groups excluding carboxylic acids is 1. The van der Waals surface area contributed by atoms with E-state index in [9.17, 15) is 26.7 Å². The van der Waals surface area contributed by atoms with Gasteiger partial charge < -0.3 is 14.4 Å². The number of carbonyl (C=O) groups is 1. The molecule has 5 rings (SSSR count). The summed E-state index contributed by atoms with van der Waals surface area (Å²) in [5, 5.41) is 7.69. The Labute approximate surface area is 197 Å². The van der Waals surface area contributed by atoms with Crippen molar-refractivity contribution in [2.45, 2.75) is 39.0 Å². The van der Waals surface area contributed by atoms with Crippen LogP contribution in [0.15, 0.2) is 30.5 Å². The van der Waals surface area contributed by atoms with E-state index in [1.165, 1.54) is 12.1 Å². The second-order valence-electron chi connectivity index (χ2n) is 9.07. The SMILES string of the molecule is CC1CN(c2ccnc3cc(C(F)F)ccc23)CCC1C(=O)N1CCn2c(nnc2C(F)(F)F)C1. The number of pyridine rings is 1. The molecule has 1 fully saturated rings. The molecule has 3 aromatic rings. The van der Waals surface area contributed by atoms with Crippen LogP contribution in [-0.4, -0.2) is 50.2 Å². The third-order valence-corrected chi connectivity index (χ3v) is 6.88. The molecule has 0 N–H and O–H groups in total. The third kappa shape index (κ3) is 4.30. The molecule has 2 atom stereocenters. The van der Waals surface area contributed by atoms with E-state index in [0.717, 1.165) is 15.6 Å². The number of halogens is 5. The minimum atomic E-state index is -4.59. The number of anilines is 1. The van der Waals surface area contributed by atoms with Crippen LogP contribution in [-0.2, 0) is 24.1 Å². The van der Waals surface area contributed by atoms with Crippen LogP contribution in [0.2, 0.25) is 0 Å². The highest BCUT2D eigenvalue weighted by atomic mass is 19.4. The van der Waals surface area contributed by atoms with Gasteiger partial charge in [0.1, 0.15) is 0 Å². The van der Waals surface area contributed by atoms with Gasteiger partial charge in [0.15, 0.2) is 5.82 Å². The molecule has 2 aromatic heterocycles. The number of fused-ring (bicyclic) bond motifs is 2. The first kappa shape index (κ1) is 23.4. The number of nitrogens with zero attached hydrogens (tertiary/aromatic N) is 6. The minimum absolute atomic E-state index is 0.000245. The monoisotopic (exact) mass is 494 g/mol. The first-order valence-electron chi connectivity index (χ1n) is 11.3. The zero-order chi connectivity index (χ0) is 24.9. The number of aromatic nitrogens is 4. The van der Waals surface area contributed by atoms with Crippen LogP contribution in [0, 0.1) is 11.8 Å². The van der Waals surface area contributed by atoms with E-state index in [2.05, 4.69) is 20.1 Å². The molecule has 2 aliphatic rings. The van der Waals surface area contributed by atoms with Gasteiger partial charge in [-0.15, -0.1) is 10.2 Å². The molecule has 186 valence electrons. The van der Waals surface area contributed by atoms with Crippen molar-refractivity contribution in [3.8, 4) is 0 Å². The van der Waals surface area contributed by atoms with Crippen molar-refractivity contribution < 1.29 is 26.7 Å². The molecule has 0 bridgehead atoms. The van der Waals surface area contributed by atoms with Gasteiger partial charge in [0.25, 0.3) is 6.43 Å². The molecule has 1 saturated heterocycles. The van der Waals surface area contributed by atoms with Gasteiger partial charge in [-0.3, -0.25) is 9.78 Å². The Balaban J connectivity index is 1.29. The van der Waals surface area contributed by atoms with Gasteiger partial charge in [0, 0.05) is 54.9 Å². The van der Waals surface area contributed by atoms with Crippen LogP contribution in [0.5, 0.6) is 0 Å². The van der Waals surface area contributed by atoms with E-state index in [-0.39, 0.29) is 48.8 Å². The lowest BCUT2D eigenvalue weighted by atomic mass is 9.85. The van der Waals surface area contributed by atoms with Gasteiger partial charge in [-0.2, -0.15) is 13.2 Å². The van der Waals surface area contributed by atoms with Crippen molar-refractivity contribution in [2.75, 3.05) is 24.5 Å². The molecule has 7 nitrogen and oxygen atoms in total. The van der Waals surface area contributed by atoms with Crippen molar-refractivity contribution in [1.82, 2.24) is 24.6 Å². The lowest BCUT2D eigenvalue weighted by molar-refractivity contribution is -0.148. The third-order valence-electron chi connectivity index (χ3n) is 6.88. The maximum Gasteiger partial charge on any atom is 0.451 e. The smallest absolute Gasteiger partial charge is 0.371 e. The average molecular weight is 494 g/mol. The lowest BCUT2D eigenvalue weighted by Crippen LogP contribution is -2.49. The van der Waals surface area contributed by atoms with E-state index in [1.54, 1.807) is 17.2 Å². The predicted molar refractivity (Wildman–Crippen MR) is 117 cm³/mol. The van der Waals surface area contributed by atoms with Crippen LogP contribution >= 0.6 is 0 Å². The van der Waals surface area contributed by atoms with Crippen LogP contribution in [0.3, 0.4) is 0 Å². The summed E-state index contributed by atoms with van der Waals surface area (Å²) < 4.78 is 66.5. The van der Waals surface area contributed by atoms with Gasteiger partial charge in [-0.25, -0.2) is 8.78 Å². The number of hydrogen-bond donors (Lipinski definition) is 0. The van der Waals surface area contributed by atoms with Gasteiger partial charge in [-0.1, -0.05) is 19.1 Å². The minimum Gasteiger partial charge on any atom is -0.371 e. The fourth-order valence-corrected chi connectivity index (χ4v) is 5.08. The van der Waals surface area contributed by atoms with Crippen LogP contribution in [0.25, 0.3) is 10.9 Å². The van der Waals surface area contributed by atoms with Crippen LogP contribution < -0.4 is 4.90 Å². The molecule has 35 heavy (non-hydrogen) atoms. The summed E-state index contributed by atoms with van der Waals surface area (Å²) in [4.78, 5) is 21.2. The Kier molecular flexibility index (Phi) is 5.84. The largest absolute Gasteiger partial charge is 0.451 e. The van der Waals surface area contributed by atoms with Crippen molar-refractivity contribution in [1.29, 1.82) is 0 Å². The van der Waals surface area contributed by atoms with E-state index in [0.29, 0.717) is 25.0 Å². The quantitative estimate of drug-likeness (QED) is 0.509. The number of hydrogen-bond acceptors (Lipinski definition) is 5. The average Bonchev–Trinajstić information content (AvgIpc) is 3.27. The second kappa shape index (κ2) is 8.72. The van der Waals surface area contributed by atoms with Crippen molar-refractivity contribution >= 4 is 22.5 Å². The summed E-state index contributed by atoms with van der Waals surface area (Å²) >= 11 is 0. The molecule has 0 radical (unpaired) electrons. The van der Waals surface area contributed by atoms with Crippen molar-refractivity contribution in [2.24, 2.45) is 11.8 Å². The van der Waals surface area contributed by atoms with Gasteiger partial charge >= 0.3 is 6.18 Å². The molecule has 1 aromatic carbocycles. The molecule has 2 unspecified atom stereocenters. The number of amides is 1. The Morgan fingerprint density at radius 3 is 2.63 bits per heavy atom. The molecule has 4 heterocycles. The number of piperidine rings is 1. The molecule has 2 aliphatic heterocycles. The highest BCUT2D eigenvalue weighted by Gasteiger charge is 2.41. The maximum absolute atomic E-state index is 13.3. The number of alkyl halides is 5. The molecule has 1 amide bonds. The number of rotatable bonds is 3. The summed E-state index contributed by atoms with van der Waals surface area (Å²) in [5.41, 5.74) is 1.28. The molecular formula is C23H23F5N6O. The van der Waals surface area contributed by atoms with Crippen LogP contribution in [0.1, 0.15) is 37.0 Å². The first-order valence-corrected chi connectivity index (χ1v) is 11.3. The van der Waals surface area contributed by atoms with Crippen molar-refractivity contribution in [3.05, 3.63) is 47.7 Å². The highest BCUT2D eigenvalue weighted by Crippen LogP contribution is 2.35. The molecular weight excluding hydrogens is 471 g/mol. The topological polar surface area (TPSA) is 67.2 Å². The standard InChI is InChI=1S/C23H23F5N6O/c1-13-11-32(18-4-6-29-17-10-14(20(24)25)2-3-16(17)18)7-5-15(13)21(35)33-8-9-34-19(12-33)30-31-22(34)23(26,27)28/h2-4,6,10,13,15,20H,5,7-9,11-12H2,1H3. The Morgan fingerprint density at radius 2 is 1.91 bits per heavy atom. The lowest BCUT2D eigenvalue weighted by Gasteiger charge is -2.40. The summed E-state index contributed by atoms with van der Waals surface area (Å²) in [7, 11) is 0. The summed E-state index contributed by atoms with van der Waals surface area (Å²) in [6.07, 6.45) is -5.00. The van der Waals surface area contributed by atoms with E-state index in [1.807, 2.05) is 13.0 Å². The molecule has 0 spiro atoms. The van der Waals surface area contributed by atoms with E-state index in [4.69, 9.17) is 0 Å². The zero-order valence-corrected chi connectivity index (χ0v) is 18.8. The normalized spacial score (nSPS) is 21.0. The Hall–Kier alpha value is -3.31. The van der Waals surface area contributed by atoms with Crippen molar-refractivity contribution in [3.63, 3.8) is 0 Å². The summed E-state index contributed by atoms with van der Waals surface area (Å²) in [5.74, 6) is -1.30. The molecule has 0 aliphatic carbocycles. The van der Waals surface area contributed by atoms with E-state index >= 15 is 0 Å². The Morgan fingerprint density at radius 1 is 1.11 bits per heavy atom. The van der Waals surface area contributed by atoms with Gasteiger partial charge in [0.2, 0.25) is 11.7 Å². The second-order valence-corrected chi connectivity index (χ2v) is 9.07. The van der Waals surface area contributed by atoms with Gasteiger partial charge in [-0.05, 0) is 24.5 Å². The Bertz CT molecular complexity index is 1260. The fourth-order valence-electron chi connectivity index (χ4n) is 5.08. The molecule has 12 heteroatoms. The zero-order valence-electron chi connectivity index (χ0n) is 18.8. The number of benzene rings is 1. The summed E-state index contributed by atoms with van der Waals surface area (Å²) in [6, 6.07) is 6.29. The van der Waals surface area contributed by atoms with Crippen LogP contribution in [0.4, 0.5) is 27.6 Å². The first-order chi connectivity index (χ1) is 16.6.